The topological polar surface area (TPSA) is 101 Å². The fraction of sp³-hybridized carbons (Fsp3) is 0.455. The Balaban J connectivity index is 2.27. The van der Waals surface area contributed by atoms with E-state index in [-0.39, 0.29) is 22.5 Å². The second-order valence-electron chi connectivity index (χ2n) is 4.61. The smallest absolute Gasteiger partial charge is 0.307 e. The molecule has 1 aliphatic rings. The number of nitro groups is 1. The Labute approximate surface area is 131 Å². The number of hydrogen-bond acceptors (Lipinski definition) is 5. The zero-order valence-corrected chi connectivity index (χ0v) is 13.1. The number of nitro benzene ring substituents is 1. The SMILES string of the molecule is O=[N+]([O-])c1c(Cl)ccc(S(=O)(=O)NCC2CCCN2)c1Cl. The van der Waals surface area contributed by atoms with Crippen LogP contribution in [0.2, 0.25) is 10.0 Å². The number of rotatable bonds is 5. The van der Waals surface area contributed by atoms with Gasteiger partial charge in [-0.1, -0.05) is 23.2 Å². The minimum atomic E-state index is -3.94. The van der Waals surface area contributed by atoms with E-state index in [1.165, 1.54) is 0 Å². The molecule has 0 radical (unpaired) electrons. The van der Waals surface area contributed by atoms with Crippen molar-refractivity contribution in [3.63, 3.8) is 0 Å². The summed E-state index contributed by atoms with van der Waals surface area (Å²) in [5, 5.41) is 13.4. The summed E-state index contributed by atoms with van der Waals surface area (Å²) in [5.41, 5.74) is -0.611. The Morgan fingerprint density at radius 2 is 2.14 bits per heavy atom. The molecule has 2 rings (SSSR count). The van der Waals surface area contributed by atoms with Gasteiger partial charge < -0.3 is 5.32 Å². The van der Waals surface area contributed by atoms with Crippen LogP contribution in [-0.4, -0.2) is 32.5 Å². The molecule has 0 aliphatic carbocycles. The van der Waals surface area contributed by atoms with Gasteiger partial charge in [0.1, 0.15) is 14.9 Å². The maximum absolute atomic E-state index is 12.2. The Hall–Kier alpha value is -0.930. The predicted octanol–water partition coefficient (Wildman–Crippen LogP) is 1.93. The van der Waals surface area contributed by atoms with Crippen LogP contribution in [0.25, 0.3) is 0 Å². The highest BCUT2D eigenvalue weighted by molar-refractivity contribution is 7.89. The molecule has 10 heteroatoms. The molecule has 0 bridgehead atoms. The maximum Gasteiger partial charge on any atom is 0.307 e. The first-order valence-corrected chi connectivity index (χ1v) is 8.42. The van der Waals surface area contributed by atoms with Crippen molar-refractivity contribution < 1.29 is 13.3 Å². The van der Waals surface area contributed by atoms with Crippen LogP contribution in [0.3, 0.4) is 0 Å². The van der Waals surface area contributed by atoms with Crippen LogP contribution in [0, 0.1) is 10.1 Å². The van der Waals surface area contributed by atoms with Gasteiger partial charge in [0.25, 0.3) is 0 Å². The molecule has 0 spiro atoms. The summed E-state index contributed by atoms with van der Waals surface area (Å²) in [4.78, 5) is 9.75. The van der Waals surface area contributed by atoms with Gasteiger partial charge in [-0.25, -0.2) is 13.1 Å². The Kier molecular flexibility index (Phi) is 5.05. The molecule has 2 N–H and O–H groups in total. The number of hydrogen-bond donors (Lipinski definition) is 2. The average Bonchev–Trinajstić information content (AvgIpc) is 2.88. The third-order valence-corrected chi connectivity index (χ3v) is 5.45. The number of nitrogens with one attached hydrogen (secondary N) is 2. The molecule has 21 heavy (non-hydrogen) atoms. The molecule has 1 unspecified atom stereocenters. The first-order valence-electron chi connectivity index (χ1n) is 6.18. The number of nitrogens with zero attached hydrogens (tertiary/aromatic N) is 1. The molecule has 1 fully saturated rings. The van der Waals surface area contributed by atoms with Gasteiger partial charge in [0.05, 0.1) is 4.92 Å². The van der Waals surface area contributed by atoms with Crippen LogP contribution >= 0.6 is 23.2 Å². The zero-order chi connectivity index (χ0) is 15.6. The summed E-state index contributed by atoms with van der Waals surface area (Å²) in [6, 6.07) is 2.36. The van der Waals surface area contributed by atoms with E-state index >= 15 is 0 Å². The van der Waals surface area contributed by atoms with E-state index in [0.29, 0.717) is 0 Å². The predicted molar refractivity (Wildman–Crippen MR) is 79.3 cm³/mol. The van der Waals surface area contributed by atoms with E-state index in [2.05, 4.69) is 10.0 Å². The van der Waals surface area contributed by atoms with Crippen molar-refractivity contribution in [3.05, 3.63) is 32.3 Å². The Morgan fingerprint density at radius 1 is 1.43 bits per heavy atom. The molecular formula is C11H13Cl2N3O4S. The van der Waals surface area contributed by atoms with Crippen molar-refractivity contribution in [2.24, 2.45) is 0 Å². The summed E-state index contributed by atoms with van der Waals surface area (Å²) < 4.78 is 26.8. The highest BCUT2D eigenvalue weighted by Crippen LogP contribution is 2.36. The normalized spacial score (nSPS) is 18.9. The molecule has 116 valence electrons. The molecule has 1 heterocycles. The molecule has 0 aromatic heterocycles. The van der Waals surface area contributed by atoms with E-state index in [0.717, 1.165) is 31.5 Å². The fourth-order valence-electron chi connectivity index (χ4n) is 2.12. The van der Waals surface area contributed by atoms with Gasteiger partial charge in [0, 0.05) is 12.6 Å². The van der Waals surface area contributed by atoms with E-state index in [1.807, 2.05) is 0 Å². The summed E-state index contributed by atoms with van der Waals surface area (Å²) in [6.45, 7) is 1.05. The third-order valence-electron chi connectivity index (χ3n) is 3.19. The van der Waals surface area contributed by atoms with Gasteiger partial charge in [-0.15, -0.1) is 0 Å². The molecule has 0 amide bonds. The molecule has 1 aromatic rings. The number of sulfonamides is 1. The highest BCUT2D eigenvalue weighted by atomic mass is 35.5. The number of halogens is 2. The number of benzene rings is 1. The van der Waals surface area contributed by atoms with Gasteiger partial charge in [-0.05, 0) is 31.5 Å². The molecule has 0 saturated carbocycles. The Morgan fingerprint density at radius 3 is 2.71 bits per heavy atom. The van der Waals surface area contributed by atoms with Crippen LogP contribution in [0.4, 0.5) is 5.69 Å². The minimum absolute atomic E-state index is 0.0563. The van der Waals surface area contributed by atoms with Crippen molar-refractivity contribution in [2.75, 3.05) is 13.1 Å². The van der Waals surface area contributed by atoms with E-state index in [1.54, 1.807) is 0 Å². The standard InChI is InChI=1S/C11H13Cl2N3O4S/c12-8-3-4-9(10(13)11(8)16(17)18)21(19,20)15-6-7-2-1-5-14-7/h3-4,7,14-15H,1-2,5-6H2. The monoisotopic (exact) mass is 353 g/mol. The quantitative estimate of drug-likeness (QED) is 0.622. The van der Waals surface area contributed by atoms with Gasteiger partial charge in [-0.3, -0.25) is 10.1 Å². The van der Waals surface area contributed by atoms with Crippen LogP contribution < -0.4 is 10.0 Å². The van der Waals surface area contributed by atoms with Crippen molar-refractivity contribution in [1.82, 2.24) is 10.0 Å². The summed E-state index contributed by atoms with van der Waals surface area (Å²) in [7, 11) is -3.94. The van der Waals surface area contributed by atoms with Gasteiger partial charge >= 0.3 is 5.69 Å². The second-order valence-corrected chi connectivity index (χ2v) is 7.13. The van der Waals surface area contributed by atoms with Crippen molar-refractivity contribution in [3.8, 4) is 0 Å². The second kappa shape index (κ2) is 6.45. The van der Waals surface area contributed by atoms with Crippen LogP contribution in [0.5, 0.6) is 0 Å². The molecule has 1 atom stereocenters. The van der Waals surface area contributed by atoms with E-state index in [9.17, 15) is 18.5 Å². The van der Waals surface area contributed by atoms with Crippen LogP contribution in [0.15, 0.2) is 17.0 Å². The summed E-state index contributed by atoms with van der Waals surface area (Å²) in [6.07, 6.45) is 1.86. The molecule has 1 saturated heterocycles. The summed E-state index contributed by atoms with van der Waals surface area (Å²) >= 11 is 11.5. The lowest BCUT2D eigenvalue weighted by molar-refractivity contribution is -0.384. The van der Waals surface area contributed by atoms with E-state index in [4.69, 9.17) is 23.2 Å². The lowest BCUT2D eigenvalue weighted by Crippen LogP contribution is -2.37. The average molecular weight is 354 g/mol. The van der Waals surface area contributed by atoms with Crippen molar-refractivity contribution in [2.45, 2.75) is 23.8 Å². The zero-order valence-electron chi connectivity index (χ0n) is 10.8. The molecule has 1 aliphatic heterocycles. The van der Waals surface area contributed by atoms with Crippen LogP contribution in [-0.2, 0) is 10.0 Å². The summed E-state index contributed by atoms with van der Waals surface area (Å²) in [5.74, 6) is 0. The molecular weight excluding hydrogens is 341 g/mol. The largest absolute Gasteiger partial charge is 0.313 e. The van der Waals surface area contributed by atoms with Gasteiger partial charge in [0.2, 0.25) is 10.0 Å². The highest BCUT2D eigenvalue weighted by Gasteiger charge is 2.28. The van der Waals surface area contributed by atoms with E-state index < -0.39 is 25.7 Å². The third kappa shape index (κ3) is 3.64. The van der Waals surface area contributed by atoms with Gasteiger partial charge in [0.15, 0.2) is 0 Å². The van der Waals surface area contributed by atoms with Gasteiger partial charge in [-0.2, -0.15) is 0 Å². The molecule has 1 aromatic carbocycles. The van der Waals surface area contributed by atoms with Crippen LogP contribution in [0.1, 0.15) is 12.8 Å². The maximum atomic E-state index is 12.2. The first kappa shape index (κ1) is 16.4. The molecule has 7 nitrogen and oxygen atoms in total. The Bertz CT molecular complexity index is 660. The lowest BCUT2D eigenvalue weighted by atomic mass is 10.2. The van der Waals surface area contributed by atoms with Crippen molar-refractivity contribution >= 4 is 38.9 Å². The first-order chi connectivity index (χ1) is 9.83. The lowest BCUT2D eigenvalue weighted by Gasteiger charge is -2.13. The minimum Gasteiger partial charge on any atom is -0.313 e. The fourth-order valence-corrected chi connectivity index (χ4v) is 4.09. The van der Waals surface area contributed by atoms with Crippen molar-refractivity contribution in [1.29, 1.82) is 0 Å².